The van der Waals surface area contributed by atoms with E-state index in [1.807, 2.05) is 6.07 Å². The average Bonchev–Trinajstić information content (AvgIpc) is 2.64. The van der Waals surface area contributed by atoms with Gasteiger partial charge in [0, 0.05) is 5.02 Å². The second-order valence-corrected chi connectivity index (χ2v) is 8.99. The minimum Gasteiger partial charge on any atom is -0.170 e. The molecular formula is C22H19Cl4F3S. The molecule has 0 saturated heterocycles. The summed E-state index contributed by atoms with van der Waals surface area (Å²) in [5.74, 6) is -1.89. The molecule has 0 N–H and O–H groups in total. The first-order valence-corrected chi connectivity index (χ1v) is 11.1. The zero-order valence-corrected chi connectivity index (χ0v) is 19.8. The lowest BCUT2D eigenvalue weighted by molar-refractivity contribution is -0.139. The number of alkyl halides is 3. The maximum absolute atomic E-state index is 13.6. The lowest BCUT2D eigenvalue weighted by Gasteiger charge is -2.18. The molecule has 0 aromatic heterocycles. The van der Waals surface area contributed by atoms with Crippen LogP contribution in [0, 0.1) is 0 Å². The van der Waals surface area contributed by atoms with E-state index in [2.05, 4.69) is 6.92 Å². The predicted molar refractivity (Wildman–Crippen MR) is 127 cm³/mol. The van der Waals surface area contributed by atoms with Gasteiger partial charge < -0.3 is 0 Å². The van der Waals surface area contributed by atoms with Crippen LogP contribution in [0.15, 0.2) is 36.4 Å². The van der Waals surface area contributed by atoms with Crippen molar-refractivity contribution >= 4 is 69.6 Å². The molecule has 162 valence electrons. The fourth-order valence-corrected chi connectivity index (χ4v) is 4.12. The fraction of sp³-hybridized carbons (Fsp3) is 0.318. The van der Waals surface area contributed by atoms with Gasteiger partial charge in [0.1, 0.15) is 0 Å². The second kappa shape index (κ2) is 11.2. The molecule has 1 unspecified atom stereocenters. The Morgan fingerprint density at radius 1 is 1.00 bits per heavy atom. The van der Waals surface area contributed by atoms with E-state index in [0.717, 1.165) is 35.8 Å². The molecule has 2 rings (SSSR count). The lowest BCUT2D eigenvalue weighted by Crippen LogP contribution is -2.19. The molecule has 1 atom stereocenters. The summed E-state index contributed by atoms with van der Waals surface area (Å²) in [5, 5.41) is 0.454. The Balaban J connectivity index is 2.24. The molecule has 2 aromatic carbocycles. The second-order valence-electron chi connectivity index (χ2n) is 6.82. The van der Waals surface area contributed by atoms with Gasteiger partial charge in [0.05, 0.1) is 21.0 Å². The van der Waals surface area contributed by atoms with Crippen molar-refractivity contribution in [1.82, 2.24) is 0 Å². The maximum atomic E-state index is 13.6. The third kappa shape index (κ3) is 7.13. The molecule has 0 radical (unpaired) electrons. The quantitative estimate of drug-likeness (QED) is 0.250. The summed E-state index contributed by atoms with van der Waals surface area (Å²) in [6.45, 7) is 2.07. The van der Waals surface area contributed by atoms with Crippen LogP contribution in [0.25, 0.3) is 6.08 Å². The van der Waals surface area contributed by atoms with Crippen LogP contribution in [-0.4, -0.2) is 11.0 Å². The van der Waals surface area contributed by atoms with Gasteiger partial charge in [0.15, 0.2) is 0 Å². The summed E-state index contributed by atoms with van der Waals surface area (Å²) < 4.78 is 40.9. The Bertz CT molecular complexity index is 915. The van der Waals surface area contributed by atoms with Gasteiger partial charge in [-0.15, -0.1) is 0 Å². The van der Waals surface area contributed by atoms with Gasteiger partial charge in [-0.3, -0.25) is 0 Å². The molecule has 2 aromatic rings. The third-order valence-corrected chi connectivity index (χ3v) is 6.44. The van der Waals surface area contributed by atoms with Crippen LogP contribution in [0.1, 0.15) is 48.8 Å². The van der Waals surface area contributed by atoms with Crippen molar-refractivity contribution in [3.63, 3.8) is 0 Å². The Labute approximate surface area is 200 Å². The largest absolute Gasteiger partial charge is 0.399 e. The number of thiocarbonyl (C=S) groups is 1. The molecule has 8 heteroatoms. The summed E-state index contributed by atoms with van der Waals surface area (Å²) in [5.41, 5.74) is 1.38. The van der Waals surface area contributed by atoms with Crippen LogP contribution < -0.4 is 0 Å². The van der Waals surface area contributed by atoms with Gasteiger partial charge in [-0.2, -0.15) is 13.2 Å². The first kappa shape index (κ1) is 25.5. The van der Waals surface area contributed by atoms with Crippen LogP contribution in [0.5, 0.6) is 0 Å². The monoisotopic (exact) mass is 512 g/mol. The van der Waals surface area contributed by atoms with Crippen LogP contribution >= 0.6 is 58.6 Å². The van der Waals surface area contributed by atoms with E-state index in [0.29, 0.717) is 17.0 Å². The van der Waals surface area contributed by atoms with Crippen molar-refractivity contribution < 1.29 is 13.2 Å². The third-order valence-electron chi connectivity index (χ3n) is 4.48. The van der Waals surface area contributed by atoms with Gasteiger partial charge >= 0.3 is 6.18 Å². The Kier molecular flexibility index (Phi) is 9.51. The Morgan fingerprint density at radius 3 is 2.17 bits per heavy atom. The van der Waals surface area contributed by atoms with Gasteiger partial charge in [-0.25, -0.2) is 0 Å². The van der Waals surface area contributed by atoms with E-state index in [1.165, 1.54) is 18.2 Å². The molecule has 0 bridgehead atoms. The maximum Gasteiger partial charge on any atom is 0.399 e. The van der Waals surface area contributed by atoms with Gasteiger partial charge in [0.2, 0.25) is 0 Å². The van der Waals surface area contributed by atoms with E-state index in [9.17, 15) is 13.2 Å². The SMILES string of the molecule is CCCC(=S)CCc1ccc(/C=C/C(c2cc(Cl)c(Cl)c(Cl)c2)C(F)(F)F)cc1Cl. The lowest BCUT2D eigenvalue weighted by atomic mass is 9.96. The molecule has 0 aliphatic rings. The van der Waals surface area contributed by atoms with Crippen LogP contribution in [0.3, 0.4) is 0 Å². The Hall–Kier alpha value is -0.780. The average molecular weight is 514 g/mol. The van der Waals surface area contributed by atoms with E-state index in [-0.39, 0.29) is 20.6 Å². The Morgan fingerprint density at radius 2 is 1.63 bits per heavy atom. The number of allylic oxidation sites excluding steroid dienone is 1. The highest BCUT2D eigenvalue weighted by molar-refractivity contribution is 7.80. The van der Waals surface area contributed by atoms with Crippen molar-refractivity contribution in [2.75, 3.05) is 0 Å². The van der Waals surface area contributed by atoms with E-state index in [4.69, 9.17) is 58.6 Å². The number of rotatable bonds is 8. The minimum atomic E-state index is -4.53. The van der Waals surface area contributed by atoms with Gasteiger partial charge in [0.25, 0.3) is 0 Å². The normalized spacial score (nSPS) is 13.1. The zero-order chi connectivity index (χ0) is 22.5. The predicted octanol–water partition coefficient (Wildman–Crippen LogP) is 9.76. The number of hydrogen-bond donors (Lipinski definition) is 0. The van der Waals surface area contributed by atoms with Crippen molar-refractivity contribution in [3.05, 3.63) is 73.2 Å². The molecule has 0 amide bonds. The first-order chi connectivity index (χ1) is 14.0. The van der Waals surface area contributed by atoms with E-state index < -0.39 is 12.1 Å². The minimum absolute atomic E-state index is 0.0211. The number of halogens is 7. The fourth-order valence-electron chi connectivity index (χ4n) is 2.92. The standard InChI is InChI=1S/C22H19Cl4F3S/c1-2-3-16(30)8-7-14-6-4-13(10-18(14)23)5-9-17(22(27,28)29)15-11-19(24)21(26)20(25)12-15/h4-6,9-12,17H,2-3,7-8H2,1H3/b9-5+. The molecular weight excluding hydrogens is 495 g/mol. The highest BCUT2D eigenvalue weighted by Gasteiger charge is 2.39. The molecule has 0 spiro atoms. The number of aryl methyl sites for hydroxylation is 1. The summed E-state index contributed by atoms with van der Waals surface area (Å²) in [4.78, 5) is 0.992. The summed E-state index contributed by atoms with van der Waals surface area (Å²) in [7, 11) is 0. The number of hydrogen-bond acceptors (Lipinski definition) is 1. The number of benzene rings is 2. The van der Waals surface area contributed by atoms with Crippen molar-refractivity contribution in [1.29, 1.82) is 0 Å². The molecule has 0 aliphatic heterocycles. The first-order valence-electron chi connectivity index (χ1n) is 9.22. The van der Waals surface area contributed by atoms with Gasteiger partial charge in [-0.1, -0.05) is 96.3 Å². The smallest absolute Gasteiger partial charge is 0.170 e. The highest BCUT2D eigenvalue weighted by Crippen LogP contribution is 2.41. The van der Waals surface area contributed by atoms with Crippen molar-refractivity contribution in [2.45, 2.75) is 44.7 Å². The molecule has 0 fully saturated rings. The summed E-state index contributed by atoms with van der Waals surface area (Å²) in [6, 6.07) is 7.54. The molecule has 0 aliphatic carbocycles. The van der Waals surface area contributed by atoms with Crippen LogP contribution in [0.4, 0.5) is 13.2 Å². The molecule has 0 nitrogen and oxygen atoms in total. The topological polar surface area (TPSA) is 0 Å². The highest BCUT2D eigenvalue weighted by atomic mass is 35.5. The van der Waals surface area contributed by atoms with Crippen molar-refractivity contribution in [2.24, 2.45) is 0 Å². The van der Waals surface area contributed by atoms with Gasteiger partial charge in [-0.05, 0) is 59.0 Å². The molecule has 0 saturated carbocycles. The van der Waals surface area contributed by atoms with E-state index >= 15 is 0 Å². The molecule has 0 heterocycles. The van der Waals surface area contributed by atoms with Crippen LogP contribution in [-0.2, 0) is 6.42 Å². The summed E-state index contributed by atoms with van der Waals surface area (Å²) in [6.07, 6.45) is 1.26. The van der Waals surface area contributed by atoms with Crippen LogP contribution in [0.2, 0.25) is 20.1 Å². The van der Waals surface area contributed by atoms with E-state index in [1.54, 1.807) is 12.1 Å². The molecule has 30 heavy (non-hydrogen) atoms. The van der Waals surface area contributed by atoms with Crippen molar-refractivity contribution in [3.8, 4) is 0 Å². The zero-order valence-electron chi connectivity index (χ0n) is 16.0. The summed E-state index contributed by atoms with van der Waals surface area (Å²) >= 11 is 29.3.